The molecule has 2 nitrogen and oxygen atoms in total. The lowest BCUT2D eigenvalue weighted by molar-refractivity contribution is -0.136. The Morgan fingerprint density at radius 2 is 1.62 bits per heavy atom. The van der Waals surface area contributed by atoms with Crippen LogP contribution in [0.5, 0.6) is 0 Å². The molecule has 1 N–H and O–H groups in total. The number of benzene rings is 2. The van der Waals surface area contributed by atoms with E-state index in [4.69, 9.17) is 34.8 Å². The summed E-state index contributed by atoms with van der Waals surface area (Å²) in [6.45, 7) is 0. The number of anilines is 1. The van der Waals surface area contributed by atoms with E-state index in [1.165, 1.54) is 18.2 Å². The summed E-state index contributed by atoms with van der Waals surface area (Å²) in [4.78, 5) is 11.9. The highest BCUT2D eigenvalue weighted by atomic mass is 35.5. The van der Waals surface area contributed by atoms with E-state index in [1.54, 1.807) is 12.1 Å². The minimum Gasteiger partial charge on any atom is -0.322 e. The molecule has 0 aromatic heterocycles. The summed E-state index contributed by atoms with van der Waals surface area (Å²) < 4.78 is 38.9. The molecule has 0 heterocycles. The van der Waals surface area contributed by atoms with Crippen LogP contribution in [0, 0.1) is 0 Å². The van der Waals surface area contributed by atoms with Crippen molar-refractivity contribution in [2.24, 2.45) is 0 Å². The molecule has 0 aliphatic rings. The molecule has 24 heavy (non-hydrogen) atoms. The van der Waals surface area contributed by atoms with Gasteiger partial charge in [0, 0.05) is 21.1 Å². The Hall–Kier alpha value is -1.69. The summed E-state index contributed by atoms with van der Waals surface area (Å²) in [6.07, 6.45) is -2.20. The summed E-state index contributed by atoms with van der Waals surface area (Å²) >= 11 is 17.3. The average Bonchev–Trinajstić information content (AvgIpc) is 2.47. The first-order chi connectivity index (χ1) is 11.2. The van der Waals surface area contributed by atoms with E-state index in [2.05, 4.69) is 5.32 Å². The number of amides is 1. The van der Waals surface area contributed by atoms with E-state index < -0.39 is 17.6 Å². The Kier molecular flexibility index (Phi) is 5.80. The van der Waals surface area contributed by atoms with E-state index in [9.17, 15) is 18.0 Å². The van der Waals surface area contributed by atoms with Crippen molar-refractivity contribution in [2.45, 2.75) is 6.18 Å². The van der Waals surface area contributed by atoms with Crippen molar-refractivity contribution < 1.29 is 18.0 Å². The quantitative estimate of drug-likeness (QED) is 0.607. The number of halogens is 6. The van der Waals surface area contributed by atoms with Gasteiger partial charge in [0.25, 0.3) is 0 Å². The maximum atomic E-state index is 13.0. The van der Waals surface area contributed by atoms with Gasteiger partial charge in [0.15, 0.2) is 0 Å². The number of nitrogens with one attached hydrogen (secondary N) is 1. The Bertz CT molecular complexity index is 804. The summed E-state index contributed by atoms with van der Waals surface area (Å²) in [5, 5.41) is 2.83. The van der Waals surface area contributed by atoms with Crippen molar-refractivity contribution in [3.05, 3.63) is 68.7 Å². The van der Waals surface area contributed by atoms with Gasteiger partial charge in [0.05, 0.1) is 11.3 Å². The second kappa shape index (κ2) is 7.47. The number of hydrogen-bond donors (Lipinski definition) is 1. The van der Waals surface area contributed by atoms with Gasteiger partial charge in [-0.05, 0) is 42.0 Å². The van der Waals surface area contributed by atoms with Gasteiger partial charge in [-0.25, -0.2) is 0 Å². The largest absolute Gasteiger partial charge is 0.418 e. The molecular weight excluding hydrogens is 386 g/mol. The van der Waals surface area contributed by atoms with Crippen LogP contribution >= 0.6 is 34.8 Å². The molecule has 0 saturated carbocycles. The lowest BCUT2D eigenvalue weighted by atomic mass is 10.1. The van der Waals surface area contributed by atoms with Crippen LogP contribution < -0.4 is 5.32 Å². The summed E-state index contributed by atoms with van der Waals surface area (Å²) in [7, 11) is 0. The Morgan fingerprint density at radius 3 is 2.25 bits per heavy atom. The average molecular weight is 395 g/mol. The predicted molar refractivity (Wildman–Crippen MR) is 90.6 cm³/mol. The van der Waals surface area contributed by atoms with E-state index >= 15 is 0 Å². The third-order valence-electron chi connectivity index (χ3n) is 2.92. The number of carbonyl (C=O) groups is 1. The zero-order valence-corrected chi connectivity index (χ0v) is 14.1. The van der Waals surface area contributed by atoms with Crippen LogP contribution in [0.15, 0.2) is 42.5 Å². The minimum atomic E-state index is -4.64. The molecule has 0 saturated heterocycles. The molecular formula is C16H9Cl3F3NO. The molecule has 0 aliphatic carbocycles. The van der Waals surface area contributed by atoms with E-state index in [1.807, 2.05) is 0 Å². The van der Waals surface area contributed by atoms with Crippen LogP contribution in [0.4, 0.5) is 18.9 Å². The fraction of sp³-hybridized carbons (Fsp3) is 0.0625. The van der Waals surface area contributed by atoms with Crippen molar-refractivity contribution in [3.63, 3.8) is 0 Å². The maximum Gasteiger partial charge on any atom is 0.418 e. The molecule has 126 valence electrons. The van der Waals surface area contributed by atoms with Crippen LogP contribution in [0.25, 0.3) is 6.08 Å². The molecule has 8 heteroatoms. The molecule has 0 bridgehead atoms. The third-order valence-corrected chi connectivity index (χ3v) is 3.72. The number of carbonyl (C=O) groups excluding carboxylic acids is 1. The van der Waals surface area contributed by atoms with Crippen LogP contribution in [0.3, 0.4) is 0 Å². The molecule has 0 atom stereocenters. The lowest BCUT2D eigenvalue weighted by Crippen LogP contribution is -2.14. The van der Waals surface area contributed by atoms with E-state index in [0.717, 1.165) is 18.2 Å². The van der Waals surface area contributed by atoms with Gasteiger partial charge in [-0.2, -0.15) is 13.2 Å². The zero-order valence-electron chi connectivity index (χ0n) is 11.8. The highest BCUT2D eigenvalue weighted by molar-refractivity contribution is 6.35. The first-order valence-electron chi connectivity index (χ1n) is 6.47. The summed E-state index contributed by atoms with van der Waals surface area (Å²) in [5.41, 5.74) is -0.909. The SMILES string of the molecule is O=C(C=Cc1ccc(Cl)cc1Cl)Nc1ccc(Cl)cc1C(F)(F)F. The number of rotatable bonds is 3. The fourth-order valence-electron chi connectivity index (χ4n) is 1.84. The third kappa shape index (κ3) is 4.90. The lowest BCUT2D eigenvalue weighted by Gasteiger charge is -2.13. The molecule has 2 rings (SSSR count). The smallest absolute Gasteiger partial charge is 0.322 e. The van der Waals surface area contributed by atoms with Crippen molar-refractivity contribution in [1.29, 1.82) is 0 Å². The molecule has 2 aromatic carbocycles. The van der Waals surface area contributed by atoms with Crippen LogP contribution in [-0.4, -0.2) is 5.91 Å². The zero-order chi connectivity index (χ0) is 17.9. The van der Waals surface area contributed by atoms with Gasteiger partial charge in [0.2, 0.25) is 5.91 Å². The van der Waals surface area contributed by atoms with E-state index in [-0.39, 0.29) is 10.7 Å². The van der Waals surface area contributed by atoms with Gasteiger partial charge < -0.3 is 5.32 Å². The first-order valence-corrected chi connectivity index (χ1v) is 7.61. The van der Waals surface area contributed by atoms with Gasteiger partial charge >= 0.3 is 6.18 Å². The second-order valence-corrected chi connectivity index (χ2v) is 5.96. The predicted octanol–water partition coefficient (Wildman–Crippen LogP) is 6.32. The number of hydrogen-bond acceptors (Lipinski definition) is 1. The monoisotopic (exact) mass is 393 g/mol. The van der Waals surface area contributed by atoms with Crippen molar-refractivity contribution >= 4 is 52.5 Å². The normalized spacial score (nSPS) is 11.8. The topological polar surface area (TPSA) is 29.1 Å². The summed E-state index contributed by atoms with van der Waals surface area (Å²) in [5.74, 6) is -0.742. The first kappa shape index (κ1) is 18.6. The van der Waals surface area contributed by atoms with Gasteiger partial charge in [-0.1, -0.05) is 40.9 Å². The fourth-order valence-corrected chi connectivity index (χ4v) is 2.48. The highest BCUT2D eigenvalue weighted by Gasteiger charge is 2.34. The van der Waals surface area contributed by atoms with Crippen LogP contribution in [0.1, 0.15) is 11.1 Å². The Balaban J connectivity index is 2.20. The summed E-state index contributed by atoms with van der Waals surface area (Å²) in [6, 6.07) is 7.74. The van der Waals surface area contributed by atoms with Crippen molar-refractivity contribution in [3.8, 4) is 0 Å². The second-order valence-electron chi connectivity index (χ2n) is 4.68. The van der Waals surface area contributed by atoms with Gasteiger partial charge in [-0.15, -0.1) is 0 Å². The molecule has 2 aromatic rings. The van der Waals surface area contributed by atoms with Crippen molar-refractivity contribution in [1.82, 2.24) is 0 Å². The maximum absolute atomic E-state index is 13.0. The van der Waals surface area contributed by atoms with E-state index in [0.29, 0.717) is 15.6 Å². The number of alkyl halides is 3. The molecule has 0 fully saturated rings. The van der Waals surface area contributed by atoms with Gasteiger partial charge in [0.1, 0.15) is 0 Å². The standard InChI is InChI=1S/C16H9Cl3F3NO/c17-10-4-5-14(12(7-10)16(20,21)22)23-15(24)6-2-9-1-3-11(18)8-13(9)19/h1-8H,(H,23,24). The Morgan fingerprint density at radius 1 is 1.00 bits per heavy atom. The van der Waals surface area contributed by atoms with Gasteiger partial charge in [-0.3, -0.25) is 4.79 Å². The minimum absolute atomic E-state index is 0.0798. The molecule has 1 amide bonds. The van der Waals surface area contributed by atoms with Crippen LogP contribution in [0.2, 0.25) is 15.1 Å². The van der Waals surface area contributed by atoms with Crippen LogP contribution in [-0.2, 0) is 11.0 Å². The van der Waals surface area contributed by atoms with Crippen molar-refractivity contribution in [2.75, 3.05) is 5.32 Å². The Labute approximate surface area is 150 Å². The molecule has 0 radical (unpaired) electrons. The molecule has 0 unspecified atom stereocenters. The highest BCUT2D eigenvalue weighted by Crippen LogP contribution is 2.36. The molecule has 0 aliphatic heterocycles. The molecule has 0 spiro atoms.